The Balaban J connectivity index is 0.923. The number of rotatable bonds is 10. The maximum atomic E-state index is 14.2. The maximum Gasteiger partial charge on any atom is 0.418 e. The number of ether oxygens (including phenoxy) is 1. The normalized spacial score (nSPS) is 19.2. The van der Waals surface area contributed by atoms with E-state index in [1.165, 1.54) is 16.7 Å². The SMILES string of the molecule is COc1cc(-c2cn(C)c(=O)c3[nH]ncc23)cc(Cl)c1CC1CCN(CC(=O)C2CCN(c3ccc(NC4CCC(=O)NC4=O)cc3C(F)(F)F)CC2)CC1. The summed E-state index contributed by atoms with van der Waals surface area (Å²) in [5.41, 5.74) is 2.15. The summed E-state index contributed by atoms with van der Waals surface area (Å²) in [7, 11) is 3.30. The number of benzene rings is 2. The number of ketones is 1. The second-order valence-corrected chi connectivity index (χ2v) is 15.2. The van der Waals surface area contributed by atoms with E-state index in [0.29, 0.717) is 66.5 Å². The van der Waals surface area contributed by atoms with Crippen LogP contribution in [-0.2, 0) is 34.0 Å². The highest BCUT2D eigenvalue weighted by Gasteiger charge is 2.37. The van der Waals surface area contributed by atoms with Crippen molar-refractivity contribution >= 4 is 51.5 Å². The van der Waals surface area contributed by atoms with Crippen molar-refractivity contribution in [1.82, 2.24) is 25.0 Å². The Bertz CT molecular complexity index is 2170. The van der Waals surface area contributed by atoms with Crippen molar-refractivity contribution < 1.29 is 32.3 Å². The highest BCUT2D eigenvalue weighted by molar-refractivity contribution is 6.32. The number of nitrogens with one attached hydrogen (secondary N) is 3. The number of hydrogen-bond donors (Lipinski definition) is 3. The van der Waals surface area contributed by atoms with E-state index in [2.05, 4.69) is 25.7 Å². The smallest absolute Gasteiger partial charge is 0.418 e. The van der Waals surface area contributed by atoms with Gasteiger partial charge in [0.05, 0.1) is 25.4 Å². The third-order valence-electron chi connectivity index (χ3n) is 11.2. The number of hydrogen-bond acceptors (Lipinski definition) is 9. The molecule has 1 atom stereocenters. The molecule has 0 aliphatic carbocycles. The van der Waals surface area contributed by atoms with Crippen LogP contribution in [0, 0.1) is 11.8 Å². The van der Waals surface area contributed by atoms with Gasteiger partial charge in [0.1, 0.15) is 23.1 Å². The van der Waals surface area contributed by atoms with Gasteiger partial charge in [0.2, 0.25) is 11.8 Å². The Morgan fingerprint density at radius 2 is 1.78 bits per heavy atom. The van der Waals surface area contributed by atoms with E-state index in [4.69, 9.17) is 16.3 Å². The zero-order chi connectivity index (χ0) is 39.0. The molecule has 7 rings (SSSR count). The summed E-state index contributed by atoms with van der Waals surface area (Å²) in [6.07, 6.45) is 2.45. The van der Waals surface area contributed by atoms with Crippen molar-refractivity contribution in [2.45, 2.75) is 57.2 Å². The number of imide groups is 1. The molecule has 3 N–H and O–H groups in total. The van der Waals surface area contributed by atoms with Crippen LogP contribution >= 0.6 is 11.6 Å². The highest BCUT2D eigenvalue weighted by atomic mass is 35.5. The number of anilines is 2. The highest BCUT2D eigenvalue weighted by Crippen LogP contribution is 2.41. The van der Waals surface area contributed by atoms with E-state index in [9.17, 15) is 32.3 Å². The number of methoxy groups -OCH3 is 1. The van der Waals surface area contributed by atoms with Crippen molar-refractivity contribution in [1.29, 1.82) is 0 Å². The number of amides is 2. The van der Waals surface area contributed by atoms with E-state index in [-0.39, 0.29) is 41.5 Å². The number of fused-ring (bicyclic) bond motifs is 1. The van der Waals surface area contributed by atoms with Crippen LogP contribution in [0.5, 0.6) is 5.75 Å². The molecule has 2 aromatic heterocycles. The Hall–Kier alpha value is -4.89. The lowest BCUT2D eigenvalue weighted by atomic mass is 9.88. The molecule has 1 unspecified atom stereocenters. The van der Waals surface area contributed by atoms with Gasteiger partial charge in [0, 0.05) is 71.6 Å². The van der Waals surface area contributed by atoms with Gasteiger partial charge in [0.15, 0.2) is 0 Å². The Morgan fingerprint density at radius 3 is 2.47 bits per heavy atom. The summed E-state index contributed by atoms with van der Waals surface area (Å²) in [6.45, 7) is 2.44. The molecule has 16 heteroatoms. The minimum absolute atomic E-state index is 0.0444. The number of likely N-dealkylation sites (tertiary alicyclic amines) is 1. The largest absolute Gasteiger partial charge is 0.496 e. The van der Waals surface area contributed by atoms with Gasteiger partial charge in [-0.2, -0.15) is 18.3 Å². The number of carbonyl (C=O) groups is 3. The van der Waals surface area contributed by atoms with Crippen molar-refractivity contribution in [3.63, 3.8) is 0 Å². The third kappa shape index (κ3) is 8.23. The minimum atomic E-state index is -4.63. The van der Waals surface area contributed by atoms with Gasteiger partial charge < -0.3 is 19.5 Å². The molecule has 3 aliphatic rings. The molecule has 0 saturated carbocycles. The van der Waals surface area contributed by atoms with Crippen LogP contribution in [0.1, 0.15) is 49.7 Å². The monoisotopic (exact) mass is 781 g/mol. The quantitative estimate of drug-likeness (QED) is 0.176. The molecule has 3 saturated heterocycles. The van der Waals surface area contributed by atoms with Crippen LogP contribution in [0.4, 0.5) is 24.5 Å². The number of Topliss-reactive ketones (excluding diaryl/α,β-unsaturated/α-hetero) is 1. The van der Waals surface area contributed by atoms with Gasteiger partial charge in [-0.15, -0.1) is 0 Å². The van der Waals surface area contributed by atoms with Gasteiger partial charge in [-0.05, 0) is 93.4 Å². The Kier molecular flexibility index (Phi) is 11.0. The van der Waals surface area contributed by atoms with Crippen molar-refractivity contribution in [3.8, 4) is 16.9 Å². The molecule has 3 aliphatic heterocycles. The number of piperidine rings is 3. The first kappa shape index (κ1) is 38.4. The van der Waals surface area contributed by atoms with Crippen molar-refractivity contribution in [3.05, 3.63) is 69.2 Å². The fourth-order valence-corrected chi connectivity index (χ4v) is 8.41. The lowest BCUT2D eigenvalue weighted by Gasteiger charge is -2.36. The predicted molar refractivity (Wildman–Crippen MR) is 202 cm³/mol. The average molecular weight is 782 g/mol. The molecule has 2 aromatic carbocycles. The molecule has 5 heterocycles. The number of H-pyrrole nitrogens is 1. The van der Waals surface area contributed by atoms with Crippen LogP contribution in [0.3, 0.4) is 0 Å². The lowest BCUT2D eigenvalue weighted by Crippen LogP contribution is -2.47. The van der Waals surface area contributed by atoms with Gasteiger partial charge >= 0.3 is 6.18 Å². The summed E-state index contributed by atoms with van der Waals surface area (Å²) in [6, 6.07) is 6.97. The number of pyridine rings is 1. The molecule has 0 radical (unpaired) electrons. The first-order valence-electron chi connectivity index (χ1n) is 18.5. The first-order valence-corrected chi connectivity index (χ1v) is 18.9. The molecule has 0 bridgehead atoms. The van der Waals surface area contributed by atoms with Crippen molar-refractivity contribution in [2.75, 3.05) is 50.1 Å². The molecule has 55 heavy (non-hydrogen) atoms. The number of carbonyl (C=O) groups excluding carboxylic acids is 3. The zero-order valence-corrected chi connectivity index (χ0v) is 31.4. The summed E-state index contributed by atoms with van der Waals surface area (Å²) in [5.74, 6) is -0.0787. The molecular formula is C39H43ClF3N7O5. The number of aromatic amines is 1. The van der Waals surface area contributed by atoms with Crippen LogP contribution < -0.4 is 25.8 Å². The van der Waals surface area contributed by atoms with Crippen molar-refractivity contribution in [2.24, 2.45) is 18.9 Å². The lowest BCUT2D eigenvalue weighted by molar-refractivity contribution is -0.137. The minimum Gasteiger partial charge on any atom is -0.496 e. The first-order chi connectivity index (χ1) is 26.3. The Labute approximate surface area is 320 Å². The molecule has 12 nitrogen and oxygen atoms in total. The van der Waals surface area contributed by atoms with E-state index >= 15 is 0 Å². The topological polar surface area (TPSA) is 142 Å². The van der Waals surface area contributed by atoms with Gasteiger partial charge in [-0.3, -0.25) is 34.5 Å². The number of alkyl halides is 3. The Morgan fingerprint density at radius 1 is 1.04 bits per heavy atom. The molecule has 3 fully saturated rings. The van der Waals surface area contributed by atoms with E-state index in [1.807, 2.05) is 12.1 Å². The number of halogens is 4. The van der Waals surface area contributed by atoms with E-state index in [1.54, 1.807) is 31.5 Å². The number of aryl methyl sites for hydroxylation is 1. The fraction of sp³-hybridized carbons (Fsp3) is 0.462. The number of aromatic nitrogens is 3. The van der Waals surface area contributed by atoms with E-state index in [0.717, 1.165) is 48.7 Å². The van der Waals surface area contributed by atoms with E-state index < -0.39 is 29.6 Å². The van der Waals surface area contributed by atoms with Crippen LogP contribution in [0.15, 0.2) is 47.5 Å². The molecular weight excluding hydrogens is 739 g/mol. The predicted octanol–water partition coefficient (Wildman–Crippen LogP) is 5.57. The number of nitrogens with zero attached hydrogens (tertiary/aromatic N) is 4. The second-order valence-electron chi connectivity index (χ2n) is 14.8. The summed E-state index contributed by atoms with van der Waals surface area (Å²) >= 11 is 6.88. The van der Waals surface area contributed by atoms with Gasteiger partial charge in [-0.1, -0.05) is 11.6 Å². The summed E-state index contributed by atoms with van der Waals surface area (Å²) in [4.78, 5) is 53.4. The molecule has 2 amide bonds. The second kappa shape index (κ2) is 15.7. The molecule has 4 aromatic rings. The van der Waals surface area contributed by atoms with Gasteiger partial charge in [-0.25, -0.2) is 0 Å². The maximum absolute atomic E-state index is 14.2. The average Bonchev–Trinajstić information content (AvgIpc) is 3.66. The van der Waals surface area contributed by atoms with Crippen LogP contribution in [-0.4, -0.2) is 83.1 Å². The summed E-state index contributed by atoms with van der Waals surface area (Å²) < 4.78 is 50.0. The molecule has 292 valence electrons. The zero-order valence-electron chi connectivity index (χ0n) is 30.6. The standard InChI is InChI=1S/C39H43ClF3N7O5/c1-48-20-28(27-19-44-47-36(27)38(48)54)24-16-30(40)26(34(17-24)55-2)15-22-7-11-49(12-8-22)21-33(51)23-9-13-50(14-10-23)32-5-3-25(18-29(32)39(41,42)43)45-31-4-6-35(52)46-37(31)53/h3,5,16-20,22-23,31,45H,4,6-15,21H2,1-2H3,(H,44,47)(H,46,52,53). The van der Waals surface area contributed by atoms with Gasteiger partial charge in [0.25, 0.3) is 5.56 Å². The fourth-order valence-electron chi connectivity index (χ4n) is 8.12. The summed E-state index contributed by atoms with van der Waals surface area (Å²) in [5, 5.41) is 13.2. The third-order valence-corrected chi connectivity index (χ3v) is 11.6. The molecule has 0 spiro atoms. The van der Waals surface area contributed by atoms with Crippen LogP contribution in [0.25, 0.3) is 22.0 Å². The van der Waals surface area contributed by atoms with Crippen LogP contribution in [0.2, 0.25) is 5.02 Å².